The molecule has 342 valence electrons. The average molecular weight is 895 g/mol. The van der Waals surface area contributed by atoms with E-state index in [1.807, 2.05) is 34.0 Å². The molecule has 1 unspecified atom stereocenters. The number of unbranched alkanes of at least 4 members (excludes halogenated alkanes) is 4. The van der Waals surface area contributed by atoms with Gasteiger partial charge in [0.15, 0.2) is 11.6 Å². The first kappa shape index (κ1) is 49.3. The zero-order valence-electron chi connectivity index (χ0n) is 36.8. The van der Waals surface area contributed by atoms with Gasteiger partial charge in [-0.15, -0.1) is 0 Å². The van der Waals surface area contributed by atoms with Crippen molar-refractivity contribution in [3.8, 4) is 17.2 Å². The number of nitrogens with one attached hydrogen (secondary N) is 2. The third kappa shape index (κ3) is 16.4. The number of likely N-dealkylation sites (N-methyl/N-ethyl adjacent to an activating group) is 1. The molecule has 0 radical (unpaired) electrons. The maximum absolute atomic E-state index is 14.7. The number of aromatic nitrogens is 2. The van der Waals surface area contributed by atoms with Gasteiger partial charge in [-0.05, 0) is 92.1 Å². The van der Waals surface area contributed by atoms with E-state index in [2.05, 4.69) is 40.0 Å². The van der Waals surface area contributed by atoms with Crippen molar-refractivity contribution in [1.82, 2.24) is 20.4 Å². The molecule has 1 heterocycles. The first-order valence-corrected chi connectivity index (χ1v) is 23.2. The van der Waals surface area contributed by atoms with E-state index in [4.69, 9.17) is 14.0 Å². The molecular weight excluding hydrogens is 832 g/mol. The maximum atomic E-state index is 14.7. The summed E-state index contributed by atoms with van der Waals surface area (Å²) >= 11 is 0. The zero-order chi connectivity index (χ0) is 45.4. The topological polar surface area (TPSA) is 164 Å². The summed E-state index contributed by atoms with van der Waals surface area (Å²) in [6, 6.07) is 21.4. The molecule has 4 aromatic carbocycles. The summed E-state index contributed by atoms with van der Waals surface area (Å²) in [5.74, 6) is -2.11. The molecule has 5 aromatic rings. The highest BCUT2D eigenvalue weighted by Crippen LogP contribution is 2.40. The molecule has 1 atom stereocenters. The number of carbonyl (C=O) groups excluding carboxylic acids is 1. The Balaban J connectivity index is 1.12. The van der Waals surface area contributed by atoms with E-state index in [1.165, 1.54) is 11.6 Å². The second-order valence-corrected chi connectivity index (χ2v) is 18.2. The standard InChI is InChI=1S/C47H62F2N5O8P/c1-34(2)32-53-42-29-40(46(27-37(42)30-52-53)61-45-20-18-39(48)28-41(45)49)47(56)51-22-23-54(3,4)33-38-26-36(17-19-44(38)62-63(57,58)59)43(55)31-50-21-11-5-6-12-24-60-25-13-10-16-35-14-8-7-9-15-35/h7-9,14-15,17-20,26-30,34,43,50,55H,5-6,10-13,16,21-25,31-33H2,1-4H3,(H2-,51,56,57,58,59)/p+1. The highest BCUT2D eigenvalue weighted by atomic mass is 31.2. The van der Waals surface area contributed by atoms with Gasteiger partial charge in [-0.3, -0.25) is 19.3 Å². The number of carbonyl (C=O) groups is 1. The number of fused-ring (bicyclic) bond motifs is 1. The molecule has 0 aliphatic rings. The molecule has 0 fully saturated rings. The van der Waals surface area contributed by atoms with E-state index in [1.54, 1.807) is 35.1 Å². The number of phosphoric ester groups is 1. The number of benzene rings is 4. The lowest BCUT2D eigenvalue weighted by atomic mass is 10.0. The van der Waals surface area contributed by atoms with E-state index in [-0.39, 0.29) is 52.8 Å². The molecule has 5 N–H and O–H groups in total. The quantitative estimate of drug-likeness (QED) is 0.0196. The molecule has 1 amide bonds. The molecule has 0 saturated heterocycles. The van der Waals surface area contributed by atoms with E-state index < -0.39 is 31.5 Å². The normalized spacial score (nSPS) is 12.5. The van der Waals surface area contributed by atoms with Crippen LogP contribution in [0.25, 0.3) is 10.9 Å². The van der Waals surface area contributed by atoms with E-state index in [0.717, 1.165) is 76.8 Å². The highest BCUT2D eigenvalue weighted by Gasteiger charge is 2.26. The van der Waals surface area contributed by atoms with Crippen LogP contribution in [0.2, 0.25) is 0 Å². The summed E-state index contributed by atoms with van der Waals surface area (Å²) in [5, 5.41) is 22.4. The second kappa shape index (κ2) is 23.8. The Morgan fingerprint density at radius 1 is 0.873 bits per heavy atom. The Kier molecular flexibility index (Phi) is 18.6. The second-order valence-electron chi connectivity index (χ2n) is 17.0. The molecule has 16 heteroatoms. The molecule has 5 rings (SSSR count). The van der Waals surface area contributed by atoms with Gasteiger partial charge in [0.1, 0.15) is 23.9 Å². The van der Waals surface area contributed by atoms with Crippen molar-refractivity contribution in [3.05, 3.63) is 119 Å². The van der Waals surface area contributed by atoms with Crippen LogP contribution in [0.3, 0.4) is 0 Å². The van der Waals surface area contributed by atoms with Crippen molar-refractivity contribution in [2.75, 3.05) is 53.5 Å². The first-order valence-electron chi connectivity index (χ1n) is 21.7. The van der Waals surface area contributed by atoms with Gasteiger partial charge in [0.25, 0.3) is 5.91 Å². The number of quaternary nitrogens is 1. The Hall–Kier alpha value is -4.73. The van der Waals surface area contributed by atoms with Gasteiger partial charge in [-0.2, -0.15) is 5.10 Å². The molecule has 0 aliphatic heterocycles. The van der Waals surface area contributed by atoms with E-state index >= 15 is 0 Å². The Labute approximate surface area is 369 Å². The minimum Gasteiger partial charge on any atom is -0.453 e. The molecule has 0 spiro atoms. The fourth-order valence-corrected chi connectivity index (χ4v) is 7.67. The number of halogens is 2. The Morgan fingerprint density at radius 2 is 1.60 bits per heavy atom. The lowest BCUT2D eigenvalue weighted by Gasteiger charge is -2.31. The van der Waals surface area contributed by atoms with Gasteiger partial charge in [0, 0.05) is 43.3 Å². The molecule has 0 bridgehead atoms. The van der Waals surface area contributed by atoms with Gasteiger partial charge >= 0.3 is 7.82 Å². The summed E-state index contributed by atoms with van der Waals surface area (Å²) in [5.41, 5.74) is 3.19. The minimum absolute atomic E-state index is 0.0141. The summed E-state index contributed by atoms with van der Waals surface area (Å²) < 4.78 is 59.0. The zero-order valence-corrected chi connectivity index (χ0v) is 37.7. The number of aryl methyl sites for hydroxylation is 1. The van der Waals surface area contributed by atoms with Gasteiger partial charge in [0.05, 0.1) is 50.6 Å². The van der Waals surface area contributed by atoms with Crippen LogP contribution in [0.1, 0.15) is 85.5 Å². The van der Waals surface area contributed by atoms with Crippen LogP contribution in [-0.4, -0.2) is 88.6 Å². The number of aliphatic hydroxyl groups excluding tert-OH is 1. The van der Waals surface area contributed by atoms with Gasteiger partial charge in [-0.25, -0.2) is 13.3 Å². The van der Waals surface area contributed by atoms with E-state index in [9.17, 15) is 33.0 Å². The van der Waals surface area contributed by atoms with Crippen molar-refractivity contribution < 1.29 is 51.5 Å². The Morgan fingerprint density at radius 3 is 2.33 bits per heavy atom. The SMILES string of the molecule is CC(C)Cn1ncc2cc(Oc3ccc(F)cc3F)c(C(=O)NCC[N+](C)(C)Cc3cc(C(O)CNCCCCCCOCCCCc4ccccc4)ccc3OP(=O)(O)O)cc21. The molecule has 13 nitrogen and oxygen atoms in total. The van der Waals surface area contributed by atoms with Crippen molar-refractivity contribution in [3.63, 3.8) is 0 Å². The first-order chi connectivity index (χ1) is 30.1. The van der Waals surface area contributed by atoms with Crippen LogP contribution in [0.5, 0.6) is 17.2 Å². The number of amides is 1. The lowest BCUT2D eigenvalue weighted by molar-refractivity contribution is -0.902. The summed E-state index contributed by atoms with van der Waals surface area (Å²) in [4.78, 5) is 33.1. The molecule has 1 aromatic heterocycles. The fourth-order valence-electron chi connectivity index (χ4n) is 7.23. The third-order valence-electron chi connectivity index (χ3n) is 10.5. The number of hydrogen-bond donors (Lipinski definition) is 5. The van der Waals surface area contributed by atoms with Crippen LogP contribution >= 0.6 is 7.82 Å². The van der Waals surface area contributed by atoms with Crippen molar-refractivity contribution in [2.24, 2.45) is 5.92 Å². The number of phosphoric acid groups is 1. The average Bonchev–Trinajstić information content (AvgIpc) is 3.60. The molecule has 0 aliphatic carbocycles. The van der Waals surface area contributed by atoms with Gasteiger partial charge < -0.3 is 34.2 Å². The lowest BCUT2D eigenvalue weighted by Crippen LogP contribution is -2.44. The van der Waals surface area contributed by atoms with Crippen LogP contribution in [0, 0.1) is 17.6 Å². The van der Waals surface area contributed by atoms with Gasteiger partial charge in [-0.1, -0.05) is 63.1 Å². The van der Waals surface area contributed by atoms with E-state index in [0.29, 0.717) is 41.2 Å². The van der Waals surface area contributed by atoms with Crippen molar-refractivity contribution in [1.29, 1.82) is 0 Å². The third-order valence-corrected chi connectivity index (χ3v) is 10.9. The highest BCUT2D eigenvalue weighted by molar-refractivity contribution is 7.46. The van der Waals surface area contributed by atoms with Crippen molar-refractivity contribution in [2.45, 2.75) is 78.0 Å². The molecule has 0 saturated carbocycles. The molecule has 63 heavy (non-hydrogen) atoms. The van der Waals surface area contributed by atoms with Crippen LogP contribution in [-0.2, 0) is 28.8 Å². The summed E-state index contributed by atoms with van der Waals surface area (Å²) in [7, 11) is -1.13. The smallest absolute Gasteiger partial charge is 0.453 e. The maximum Gasteiger partial charge on any atom is 0.524 e. The number of nitrogens with zero attached hydrogens (tertiary/aromatic N) is 3. The molecular formula is C47H63F2N5O8P+. The van der Waals surface area contributed by atoms with Crippen LogP contribution < -0.4 is 19.9 Å². The van der Waals surface area contributed by atoms with Crippen LogP contribution in [0.15, 0.2) is 85.1 Å². The largest absolute Gasteiger partial charge is 0.524 e. The number of rotatable bonds is 27. The minimum atomic E-state index is -4.91. The predicted octanol–water partition coefficient (Wildman–Crippen LogP) is 8.46. The monoisotopic (exact) mass is 894 g/mol. The predicted molar refractivity (Wildman–Crippen MR) is 240 cm³/mol. The van der Waals surface area contributed by atoms with Crippen LogP contribution in [0.4, 0.5) is 8.78 Å². The number of aliphatic hydroxyl groups is 1. The summed E-state index contributed by atoms with van der Waals surface area (Å²) in [6.07, 6.45) is 8.05. The van der Waals surface area contributed by atoms with Crippen molar-refractivity contribution >= 4 is 24.6 Å². The fraction of sp³-hybridized carbons (Fsp3) is 0.447. The Bertz CT molecular complexity index is 2270. The summed E-state index contributed by atoms with van der Waals surface area (Å²) in [6.45, 7) is 8.01. The number of ether oxygens (including phenoxy) is 2. The number of hydrogen-bond acceptors (Lipinski definition) is 8. The van der Waals surface area contributed by atoms with Gasteiger partial charge in [0.2, 0.25) is 0 Å².